The summed E-state index contributed by atoms with van der Waals surface area (Å²) in [5.41, 5.74) is 4.25. The number of nitrogen functional groups attached to an aromatic ring is 1. The molecule has 0 spiro atoms. The molecule has 0 aliphatic carbocycles. The fourth-order valence-electron chi connectivity index (χ4n) is 3.83. The number of hydrogen-bond acceptors (Lipinski definition) is 11. The van der Waals surface area contributed by atoms with E-state index in [4.69, 9.17) is 24.3 Å². The van der Waals surface area contributed by atoms with Gasteiger partial charge in [0.2, 0.25) is 5.95 Å². The molecule has 15 heteroatoms. The van der Waals surface area contributed by atoms with Crippen LogP contribution < -0.4 is 16.1 Å². The molecule has 2 saturated heterocycles. The second-order valence-electron chi connectivity index (χ2n) is 8.34. The van der Waals surface area contributed by atoms with Crippen molar-refractivity contribution in [2.45, 2.75) is 63.9 Å². The largest absolute Gasteiger partial charge is 0.462 e. The highest BCUT2D eigenvalue weighted by Gasteiger charge is 2.61. The minimum absolute atomic E-state index is 0.0277. The van der Waals surface area contributed by atoms with Crippen molar-refractivity contribution in [1.29, 1.82) is 0 Å². The average Bonchev–Trinajstić information content (AvgIpc) is 3.24. The van der Waals surface area contributed by atoms with Gasteiger partial charge >= 0.3 is 13.7 Å². The van der Waals surface area contributed by atoms with Crippen LogP contribution in [0.5, 0.6) is 0 Å². The number of halogens is 1. The molecule has 1 unspecified atom stereocenters. The third-order valence-electron chi connectivity index (χ3n) is 5.33. The molecule has 0 radical (unpaired) electrons. The molecule has 0 saturated carbocycles. The number of rotatable bonds is 6. The summed E-state index contributed by atoms with van der Waals surface area (Å²) < 4.78 is 52.5. The number of nitrogens with one attached hydrogen (secondary N) is 2. The number of nitrogens with zero attached hydrogens (tertiary/aromatic N) is 4. The normalized spacial score (nSPS) is 32.6. The van der Waals surface area contributed by atoms with E-state index in [9.17, 15) is 9.36 Å². The van der Waals surface area contributed by atoms with E-state index in [1.165, 1.54) is 24.7 Å². The quantitative estimate of drug-likeness (QED) is 0.398. The number of carbonyl (C=O) groups is 1. The van der Waals surface area contributed by atoms with Crippen LogP contribution in [0.25, 0.3) is 11.2 Å². The van der Waals surface area contributed by atoms with Crippen molar-refractivity contribution in [1.82, 2.24) is 24.6 Å². The minimum Gasteiger partial charge on any atom is -0.462 e. The summed E-state index contributed by atoms with van der Waals surface area (Å²) in [6.07, 6.45) is -2.35. The summed E-state index contributed by atoms with van der Waals surface area (Å²) in [4.78, 5) is 24.6. The van der Waals surface area contributed by atoms with Crippen molar-refractivity contribution >= 4 is 36.6 Å². The first-order valence-electron chi connectivity index (χ1n) is 10.4. The highest BCUT2D eigenvalue weighted by atomic mass is 31.2. The summed E-state index contributed by atoms with van der Waals surface area (Å²) in [5, 5.41) is 5.37. The van der Waals surface area contributed by atoms with Gasteiger partial charge in [-0.3, -0.25) is 18.4 Å². The lowest BCUT2D eigenvalue weighted by atomic mass is 9.98. The van der Waals surface area contributed by atoms with Crippen LogP contribution in [-0.2, 0) is 27.9 Å². The second-order valence-corrected chi connectivity index (χ2v) is 10.1. The summed E-state index contributed by atoms with van der Waals surface area (Å²) >= 11 is 0. The van der Waals surface area contributed by atoms with Crippen LogP contribution in [0.3, 0.4) is 0 Å². The van der Waals surface area contributed by atoms with Crippen LogP contribution in [-0.4, -0.2) is 69.2 Å². The number of hydrogen-bond donors (Lipinski definition) is 3. The highest BCUT2D eigenvalue weighted by molar-refractivity contribution is 7.51. The van der Waals surface area contributed by atoms with Crippen LogP contribution in [0.1, 0.15) is 33.9 Å². The Morgan fingerprint density at radius 2 is 2.15 bits per heavy atom. The Morgan fingerprint density at radius 3 is 2.82 bits per heavy atom. The number of esters is 1. The fourth-order valence-corrected chi connectivity index (χ4v) is 5.59. The lowest BCUT2D eigenvalue weighted by Gasteiger charge is -2.35. The molecule has 13 nitrogen and oxygen atoms in total. The third-order valence-corrected chi connectivity index (χ3v) is 7.02. The Hall–Kier alpha value is -2.38. The van der Waals surface area contributed by atoms with Crippen molar-refractivity contribution in [3.8, 4) is 0 Å². The van der Waals surface area contributed by atoms with Gasteiger partial charge in [-0.05, 0) is 27.7 Å². The number of aromatic nitrogens is 4. The van der Waals surface area contributed by atoms with E-state index in [1.54, 1.807) is 20.9 Å². The molecule has 2 fully saturated rings. The van der Waals surface area contributed by atoms with Crippen molar-refractivity contribution in [2.24, 2.45) is 0 Å². The minimum atomic E-state index is -4.04. The SMILES string of the molecule is CNc1nc(N)nc2c1ncn2C1O[C@@H]2CO[P@@](=O)(N[C@@H](C)C(=O)OC(C)C)O[C@H]2[C@@]1(C)F. The van der Waals surface area contributed by atoms with Crippen molar-refractivity contribution in [3.63, 3.8) is 0 Å². The van der Waals surface area contributed by atoms with Crippen molar-refractivity contribution in [2.75, 3.05) is 24.7 Å². The van der Waals surface area contributed by atoms with E-state index >= 15 is 4.39 Å². The zero-order valence-corrected chi connectivity index (χ0v) is 19.7. The molecule has 0 aromatic carbocycles. The Kier molecular flexibility index (Phi) is 6.08. The molecule has 2 aliphatic rings. The summed E-state index contributed by atoms with van der Waals surface area (Å²) in [5.74, 6) is -0.288. The molecule has 33 heavy (non-hydrogen) atoms. The monoisotopic (exact) mass is 487 g/mol. The first-order valence-corrected chi connectivity index (χ1v) is 11.9. The summed E-state index contributed by atoms with van der Waals surface area (Å²) in [7, 11) is -2.39. The van der Waals surface area contributed by atoms with Gasteiger partial charge < -0.3 is 20.5 Å². The Bertz CT molecular complexity index is 1110. The van der Waals surface area contributed by atoms with E-state index in [2.05, 4.69) is 25.4 Å². The second kappa shape index (κ2) is 8.44. The van der Waals surface area contributed by atoms with Gasteiger partial charge in [0, 0.05) is 7.05 Å². The van der Waals surface area contributed by atoms with Crippen molar-refractivity contribution in [3.05, 3.63) is 6.33 Å². The molecule has 4 N–H and O–H groups in total. The molecule has 0 amide bonds. The number of alkyl halides is 1. The molecule has 182 valence electrons. The first kappa shape index (κ1) is 23.8. The zero-order valence-electron chi connectivity index (χ0n) is 18.8. The van der Waals surface area contributed by atoms with Crippen LogP contribution in [0, 0.1) is 0 Å². The molecule has 2 aromatic heterocycles. The lowest BCUT2D eigenvalue weighted by Crippen LogP contribution is -2.47. The molecule has 4 heterocycles. The number of imidazole rings is 1. The van der Waals surface area contributed by atoms with Crippen LogP contribution in [0.4, 0.5) is 16.2 Å². The first-order chi connectivity index (χ1) is 15.4. The van der Waals surface area contributed by atoms with Gasteiger partial charge in [-0.1, -0.05) is 0 Å². The molecule has 4 rings (SSSR count). The topological polar surface area (TPSA) is 165 Å². The van der Waals surface area contributed by atoms with Gasteiger partial charge in [-0.15, -0.1) is 0 Å². The van der Waals surface area contributed by atoms with E-state index in [0.717, 1.165) is 0 Å². The van der Waals surface area contributed by atoms with Gasteiger partial charge in [0.25, 0.3) is 0 Å². The number of anilines is 2. The molecule has 2 aliphatic heterocycles. The van der Waals surface area contributed by atoms with E-state index < -0.39 is 43.9 Å². The Morgan fingerprint density at radius 1 is 1.42 bits per heavy atom. The predicted molar refractivity (Wildman–Crippen MR) is 115 cm³/mol. The molecule has 6 atom stereocenters. The van der Waals surface area contributed by atoms with Gasteiger partial charge in [-0.25, -0.2) is 19.0 Å². The summed E-state index contributed by atoms with van der Waals surface area (Å²) in [6.45, 7) is 5.87. The number of fused-ring (bicyclic) bond motifs is 2. The number of carbonyl (C=O) groups excluding carboxylic acids is 1. The predicted octanol–water partition coefficient (Wildman–Crippen LogP) is 1.53. The van der Waals surface area contributed by atoms with Crippen LogP contribution in [0.15, 0.2) is 6.33 Å². The maximum absolute atomic E-state index is 16.1. The molecular weight excluding hydrogens is 460 g/mol. The standard InChI is InChI=1S/C18H27FN7O6P/c1-8(2)30-15(27)9(3)25-33(28)29-6-10-12(32-33)18(4,19)16(31-10)26-7-22-11-13(21-5)23-17(20)24-14(11)26/h7-10,12,16H,6H2,1-5H3,(H,25,28)(H3,20,21,23,24)/t9-,10+,12+,16?,18+,33-/m0/s1. The van der Waals surface area contributed by atoms with E-state index in [-0.39, 0.29) is 24.3 Å². The lowest BCUT2D eigenvalue weighted by molar-refractivity contribution is -0.149. The van der Waals surface area contributed by atoms with E-state index in [1.807, 2.05) is 0 Å². The smallest absolute Gasteiger partial charge is 0.406 e. The van der Waals surface area contributed by atoms with Crippen LogP contribution >= 0.6 is 7.75 Å². The number of nitrogens with two attached hydrogens (primary N) is 1. The third kappa shape index (κ3) is 4.28. The fraction of sp³-hybridized carbons (Fsp3) is 0.667. The molecule has 2 aromatic rings. The van der Waals surface area contributed by atoms with E-state index in [0.29, 0.717) is 11.3 Å². The average molecular weight is 487 g/mol. The maximum Gasteiger partial charge on any atom is 0.406 e. The summed E-state index contributed by atoms with van der Waals surface area (Å²) in [6, 6.07) is -1.00. The van der Waals surface area contributed by atoms with Gasteiger partial charge in [-0.2, -0.15) is 9.97 Å². The van der Waals surface area contributed by atoms with Crippen molar-refractivity contribution < 1.29 is 32.3 Å². The van der Waals surface area contributed by atoms with Gasteiger partial charge in [0.15, 0.2) is 28.9 Å². The Balaban J connectivity index is 1.58. The van der Waals surface area contributed by atoms with Gasteiger partial charge in [0.1, 0.15) is 18.2 Å². The van der Waals surface area contributed by atoms with Gasteiger partial charge in [0.05, 0.1) is 19.0 Å². The zero-order chi connectivity index (χ0) is 24.1. The van der Waals surface area contributed by atoms with Crippen LogP contribution in [0.2, 0.25) is 0 Å². The highest BCUT2D eigenvalue weighted by Crippen LogP contribution is 2.57. The molecular formula is C18H27FN7O6P. The Labute approximate surface area is 189 Å². The molecule has 0 bridgehead atoms. The number of ether oxygens (including phenoxy) is 2. The maximum atomic E-state index is 16.1.